The van der Waals surface area contributed by atoms with E-state index in [2.05, 4.69) is 46.7 Å². The Morgan fingerprint density at radius 3 is 2.72 bits per heavy atom. The number of halogens is 1. The topological polar surface area (TPSA) is 61.0 Å². The predicted molar refractivity (Wildman–Crippen MR) is 102 cm³/mol. The molecule has 0 saturated heterocycles. The number of fused-ring (bicyclic) bond motifs is 1. The van der Waals surface area contributed by atoms with Crippen LogP contribution in [-0.4, -0.2) is 40.1 Å². The van der Waals surface area contributed by atoms with Crippen molar-refractivity contribution in [2.24, 2.45) is 0 Å². The van der Waals surface area contributed by atoms with Crippen LogP contribution >= 0.6 is 12.4 Å². The van der Waals surface area contributed by atoms with Crippen LogP contribution in [0.3, 0.4) is 0 Å². The Morgan fingerprint density at radius 1 is 1.28 bits per heavy atom. The van der Waals surface area contributed by atoms with Crippen LogP contribution in [0, 0.1) is 0 Å². The average Bonchev–Trinajstić information content (AvgIpc) is 3.06. The third-order valence-electron chi connectivity index (χ3n) is 4.84. The predicted octanol–water partition coefficient (Wildman–Crippen LogP) is 2.96. The summed E-state index contributed by atoms with van der Waals surface area (Å²) in [5.41, 5.74) is 4.00. The van der Waals surface area contributed by atoms with Crippen molar-refractivity contribution in [3.63, 3.8) is 0 Å². The molecule has 0 radical (unpaired) electrons. The molecule has 2 N–H and O–H groups in total. The highest BCUT2D eigenvalue weighted by atomic mass is 35.5. The smallest absolute Gasteiger partial charge is 0.274 e. The minimum Gasteiger partial charge on any atom is -0.334 e. The van der Waals surface area contributed by atoms with Gasteiger partial charge >= 0.3 is 0 Å². The Bertz CT molecular complexity index is 686. The number of rotatable bonds is 6. The first-order chi connectivity index (χ1) is 11.7. The summed E-state index contributed by atoms with van der Waals surface area (Å²) in [6.07, 6.45) is 2.71. The molecular formula is C19H27ClN4O. The van der Waals surface area contributed by atoms with Crippen LogP contribution in [0.15, 0.2) is 30.3 Å². The minimum atomic E-state index is 0. The van der Waals surface area contributed by atoms with Gasteiger partial charge in [-0.25, -0.2) is 0 Å². The molecule has 3 rings (SSSR count). The lowest BCUT2D eigenvalue weighted by Gasteiger charge is -2.30. The molecule has 1 aliphatic heterocycles. The Kier molecular flexibility index (Phi) is 7.02. The van der Waals surface area contributed by atoms with Gasteiger partial charge in [0, 0.05) is 43.4 Å². The van der Waals surface area contributed by atoms with Gasteiger partial charge in [-0.3, -0.25) is 9.89 Å². The fraction of sp³-hybridized carbons (Fsp3) is 0.474. The standard InChI is InChI=1S/C19H26N4O.ClH/c1-3-15(12-14-8-6-5-7-9-14)23(4-2)19(24)18-16-13-20-11-10-17(16)21-22-18;/h5-9,15,20H,3-4,10-13H2,1-2H3,(H,21,22);1H. The number of likely N-dealkylation sites (N-methyl/N-ethyl adjacent to an activating group) is 1. The highest BCUT2D eigenvalue weighted by Gasteiger charge is 2.28. The Balaban J connectivity index is 0.00000225. The number of hydrogen-bond acceptors (Lipinski definition) is 3. The van der Waals surface area contributed by atoms with E-state index in [0.29, 0.717) is 12.2 Å². The zero-order valence-electron chi connectivity index (χ0n) is 14.9. The third kappa shape index (κ3) is 4.22. The second-order valence-corrected chi connectivity index (χ2v) is 6.30. The molecule has 2 aromatic rings. The number of carbonyl (C=O) groups excluding carboxylic acids is 1. The second kappa shape index (κ2) is 9.02. The van der Waals surface area contributed by atoms with Gasteiger partial charge in [-0.05, 0) is 25.3 Å². The highest BCUT2D eigenvalue weighted by molar-refractivity contribution is 5.94. The summed E-state index contributed by atoms with van der Waals surface area (Å²) in [6, 6.07) is 10.6. The monoisotopic (exact) mass is 362 g/mol. The number of benzene rings is 1. The van der Waals surface area contributed by atoms with Crippen LogP contribution in [0.5, 0.6) is 0 Å². The fourth-order valence-electron chi connectivity index (χ4n) is 3.47. The van der Waals surface area contributed by atoms with Crippen molar-refractivity contribution in [3.05, 3.63) is 52.8 Å². The lowest BCUT2D eigenvalue weighted by molar-refractivity contribution is 0.0676. The molecular weight excluding hydrogens is 336 g/mol. The van der Waals surface area contributed by atoms with Crippen molar-refractivity contribution in [3.8, 4) is 0 Å². The summed E-state index contributed by atoms with van der Waals surface area (Å²) in [7, 11) is 0. The molecule has 0 spiro atoms. The van der Waals surface area contributed by atoms with Crippen LogP contribution in [0.25, 0.3) is 0 Å². The van der Waals surface area contributed by atoms with E-state index < -0.39 is 0 Å². The SMILES string of the molecule is CCC(Cc1ccccc1)N(CC)C(=O)c1n[nH]c2c1CNCC2.Cl. The van der Waals surface area contributed by atoms with E-state index in [9.17, 15) is 4.79 Å². The fourth-order valence-corrected chi connectivity index (χ4v) is 3.47. The summed E-state index contributed by atoms with van der Waals surface area (Å²) in [5, 5.41) is 10.7. The molecule has 0 saturated carbocycles. The van der Waals surface area contributed by atoms with Crippen molar-refractivity contribution in [1.82, 2.24) is 20.4 Å². The van der Waals surface area contributed by atoms with Gasteiger partial charge in [-0.15, -0.1) is 12.4 Å². The molecule has 1 aromatic carbocycles. The summed E-state index contributed by atoms with van der Waals surface area (Å²) in [5.74, 6) is 0.0430. The van der Waals surface area contributed by atoms with E-state index >= 15 is 0 Å². The number of aromatic amines is 1. The zero-order valence-corrected chi connectivity index (χ0v) is 15.7. The van der Waals surface area contributed by atoms with Gasteiger partial charge in [-0.2, -0.15) is 5.10 Å². The molecule has 0 bridgehead atoms. The molecule has 1 aliphatic rings. The Morgan fingerprint density at radius 2 is 2.04 bits per heavy atom. The largest absolute Gasteiger partial charge is 0.334 e. The van der Waals surface area contributed by atoms with E-state index in [1.165, 1.54) is 5.56 Å². The summed E-state index contributed by atoms with van der Waals surface area (Å²) >= 11 is 0. The molecule has 1 amide bonds. The van der Waals surface area contributed by atoms with Crippen LogP contribution in [0.4, 0.5) is 0 Å². The molecule has 25 heavy (non-hydrogen) atoms. The van der Waals surface area contributed by atoms with Gasteiger partial charge in [-0.1, -0.05) is 37.3 Å². The third-order valence-corrected chi connectivity index (χ3v) is 4.84. The van der Waals surface area contributed by atoms with Gasteiger partial charge in [0.15, 0.2) is 5.69 Å². The molecule has 1 unspecified atom stereocenters. The van der Waals surface area contributed by atoms with E-state index in [0.717, 1.165) is 43.6 Å². The maximum absolute atomic E-state index is 13.1. The maximum Gasteiger partial charge on any atom is 0.274 e. The highest BCUT2D eigenvalue weighted by Crippen LogP contribution is 2.20. The number of nitrogens with zero attached hydrogens (tertiary/aromatic N) is 2. The first-order valence-corrected chi connectivity index (χ1v) is 8.86. The van der Waals surface area contributed by atoms with Gasteiger partial charge < -0.3 is 10.2 Å². The molecule has 0 fully saturated rings. The normalized spacial score (nSPS) is 14.3. The lowest BCUT2D eigenvalue weighted by Crippen LogP contribution is -2.42. The molecule has 6 heteroatoms. The Labute approximate surface area is 155 Å². The van der Waals surface area contributed by atoms with Crippen molar-refractivity contribution < 1.29 is 4.79 Å². The molecule has 0 aliphatic carbocycles. The zero-order chi connectivity index (χ0) is 16.9. The number of nitrogens with one attached hydrogen (secondary N) is 2. The minimum absolute atomic E-state index is 0. The number of hydrogen-bond donors (Lipinski definition) is 2. The van der Waals surface area contributed by atoms with Crippen LogP contribution < -0.4 is 5.32 Å². The second-order valence-electron chi connectivity index (χ2n) is 6.30. The van der Waals surface area contributed by atoms with Gasteiger partial charge in [0.2, 0.25) is 0 Å². The molecule has 5 nitrogen and oxygen atoms in total. The van der Waals surface area contributed by atoms with Crippen molar-refractivity contribution in [2.45, 2.75) is 45.7 Å². The van der Waals surface area contributed by atoms with Crippen molar-refractivity contribution in [2.75, 3.05) is 13.1 Å². The van der Waals surface area contributed by atoms with E-state index in [1.807, 2.05) is 17.9 Å². The van der Waals surface area contributed by atoms with E-state index in [1.54, 1.807) is 0 Å². The van der Waals surface area contributed by atoms with Crippen LogP contribution in [0.1, 0.15) is 47.6 Å². The molecule has 2 heterocycles. The van der Waals surface area contributed by atoms with Gasteiger partial charge in [0.1, 0.15) is 0 Å². The number of aromatic nitrogens is 2. The molecule has 1 atom stereocenters. The van der Waals surface area contributed by atoms with Crippen molar-refractivity contribution >= 4 is 18.3 Å². The summed E-state index contributed by atoms with van der Waals surface area (Å²) in [4.78, 5) is 15.1. The lowest BCUT2D eigenvalue weighted by atomic mass is 10.0. The summed E-state index contributed by atoms with van der Waals surface area (Å²) in [6.45, 7) is 6.54. The summed E-state index contributed by atoms with van der Waals surface area (Å²) < 4.78 is 0. The average molecular weight is 363 g/mol. The maximum atomic E-state index is 13.1. The van der Waals surface area contributed by atoms with E-state index in [-0.39, 0.29) is 24.4 Å². The van der Waals surface area contributed by atoms with Gasteiger partial charge in [0.25, 0.3) is 5.91 Å². The van der Waals surface area contributed by atoms with Gasteiger partial charge in [0.05, 0.1) is 0 Å². The van der Waals surface area contributed by atoms with Crippen LogP contribution in [-0.2, 0) is 19.4 Å². The molecule has 1 aromatic heterocycles. The van der Waals surface area contributed by atoms with Crippen LogP contribution in [0.2, 0.25) is 0 Å². The number of amides is 1. The first-order valence-electron chi connectivity index (χ1n) is 8.86. The number of carbonyl (C=O) groups is 1. The molecule has 136 valence electrons. The Hall–Kier alpha value is -1.85. The first kappa shape index (κ1) is 19.5. The van der Waals surface area contributed by atoms with E-state index in [4.69, 9.17) is 0 Å². The number of H-pyrrole nitrogens is 1. The quantitative estimate of drug-likeness (QED) is 0.830. The van der Waals surface area contributed by atoms with Crippen molar-refractivity contribution in [1.29, 1.82) is 0 Å².